The van der Waals surface area contributed by atoms with Crippen LogP contribution in [0.4, 0.5) is 0 Å². The summed E-state index contributed by atoms with van der Waals surface area (Å²) < 4.78 is 20.3. The number of ether oxygens (including phenoxy) is 3. The molecule has 0 aromatic carbocycles. The van der Waals surface area contributed by atoms with E-state index in [0.717, 1.165) is 71.2 Å². The van der Waals surface area contributed by atoms with E-state index in [2.05, 4.69) is 19.2 Å². The maximum absolute atomic E-state index is 13.8. The maximum atomic E-state index is 13.8. The molecule has 7 nitrogen and oxygen atoms in total. The molecule has 1 saturated heterocycles. The lowest BCUT2D eigenvalue weighted by atomic mass is 9.69. The van der Waals surface area contributed by atoms with Gasteiger partial charge in [-0.2, -0.15) is 4.58 Å². The van der Waals surface area contributed by atoms with Crippen molar-refractivity contribution < 1.29 is 28.7 Å². The van der Waals surface area contributed by atoms with Gasteiger partial charge in [0.15, 0.2) is 0 Å². The SMILES string of the molecule is CCCCCCCCCCCCCCOCC(CNC(=O)C1CCCCC1C1CC[N+](=C(O)OC(C)(C)C)CC1)OCCCCCCCCCCCCCC. The fourth-order valence-corrected chi connectivity index (χ4v) is 8.87. The topological polar surface area (TPSA) is 80.0 Å². The molecule has 0 bridgehead atoms. The summed E-state index contributed by atoms with van der Waals surface area (Å²) in [5, 5.41) is 13.9. The second-order valence-corrected chi connectivity index (χ2v) is 18.5. The van der Waals surface area contributed by atoms with E-state index in [1.54, 1.807) is 0 Å². The van der Waals surface area contributed by atoms with Gasteiger partial charge in [0.1, 0.15) is 18.7 Å². The standard InChI is InChI=1S/C48H92N2O5/c1-6-8-10-12-14-16-18-20-22-24-26-30-38-53-41-43(54-39-31-27-25-23-21-19-17-15-13-11-9-7-2)40-49-46(51)45-33-29-28-32-44(45)42-34-36-50(37-35-42)47(52)55-48(3,4)5/h42-45H,6-41H2,1-5H3,(H,49,51)/p+1. The molecule has 0 aromatic heterocycles. The molecular formula is C48H93N2O5+. The van der Waals surface area contributed by atoms with Crippen LogP contribution < -0.4 is 5.32 Å². The van der Waals surface area contributed by atoms with Gasteiger partial charge in [-0.15, -0.1) is 0 Å². The van der Waals surface area contributed by atoms with E-state index in [1.807, 2.05) is 25.3 Å². The number of piperidine rings is 1. The third-order valence-electron chi connectivity index (χ3n) is 12.3. The summed E-state index contributed by atoms with van der Waals surface area (Å²) in [5.74, 6) is 1.18. The lowest BCUT2D eigenvalue weighted by molar-refractivity contribution is -0.559. The van der Waals surface area contributed by atoms with Gasteiger partial charge in [-0.1, -0.05) is 168 Å². The largest absolute Gasteiger partial charge is 0.547 e. The monoisotopic (exact) mass is 778 g/mol. The Morgan fingerprint density at radius 3 is 1.60 bits per heavy atom. The van der Waals surface area contributed by atoms with Crippen LogP contribution in [-0.2, 0) is 19.0 Å². The second kappa shape index (κ2) is 32.6. The van der Waals surface area contributed by atoms with Crippen LogP contribution >= 0.6 is 0 Å². The van der Waals surface area contributed by atoms with Crippen molar-refractivity contribution >= 4 is 12.0 Å². The van der Waals surface area contributed by atoms with E-state index in [4.69, 9.17) is 14.2 Å². The first-order valence-electron chi connectivity index (χ1n) is 24.2. The zero-order valence-electron chi connectivity index (χ0n) is 37.3. The highest BCUT2D eigenvalue weighted by molar-refractivity contribution is 5.79. The molecule has 3 atom stereocenters. The predicted octanol–water partition coefficient (Wildman–Crippen LogP) is 12.9. The maximum Gasteiger partial charge on any atom is 0.547 e. The van der Waals surface area contributed by atoms with E-state index < -0.39 is 5.60 Å². The fourth-order valence-electron chi connectivity index (χ4n) is 8.87. The molecule has 7 heteroatoms. The van der Waals surface area contributed by atoms with Gasteiger partial charge in [-0.05, 0) is 58.3 Å². The van der Waals surface area contributed by atoms with Crippen LogP contribution in [-0.4, -0.2) is 72.8 Å². The minimum Gasteiger partial charge on any atom is -0.430 e. The highest BCUT2D eigenvalue weighted by atomic mass is 16.6. The van der Waals surface area contributed by atoms with Crippen LogP contribution in [0.2, 0.25) is 0 Å². The summed E-state index contributed by atoms with van der Waals surface area (Å²) in [6.45, 7) is 14.6. The van der Waals surface area contributed by atoms with E-state index >= 15 is 0 Å². The van der Waals surface area contributed by atoms with Gasteiger partial charge < -0.3 is 24.6 Å². The molecule has 1 heterocycles. The highest BCUT2D eigenvalue weighted by Gasteiger charge is 2.39. The normalized spacial score (nSPS) is 19.7. The fraction of sp³-hybridized carbons (Fsp3) is 0.958. The van der Waals surface area contributed by atoms with Crippen molar-refractivity contribution in [1.29, 1.82) is 0 Å². The van der Waals surface area contributed by atoms with Crippen molar-refractivity contribution in [2.45, 2.75) is 239 Å². The van der Waals surface area contributed by atoms with Gasteiger partial charge in [0, 0.05) is 38.5 Å². The first-order chi connectivity index (χ1) is 26.7. The number of carbonyl (C=O) groups excluding carboxylic acids is 1. The summed E-state index contributed by atoms with van der Waals surface area (Å²) in [6.07, 6.45) is 38.5. The number of aliphatic hydroxyl groups excluding tert-OH is 1. The summed E-state index contributed by atoms with van der Waals surface area (Å²) in [7, 11) is 0. The highest BCUT2D eigenvalue weighted by Crippen LogP contribution is 2.39. The van der Waals surface area contributed by atoms with E-state index in [-0.39, 0.29) is 24.0 Å². The quantitative estimate of drug-likeness (QED) is 0.0394. The van der Waals surface area contributed by atoms with Gasteiger partial charge in [0.05, 0.1) is 12.7 Å². The summed E-state index contributed by atoms with van der Waals surface area (Å²) in [4.78, 5) is 13.8. The molecule has 2 rings (SSSR count). The van der Waals surface area contributed by atoms with Crippen LogP contribution in [0, 0.1) is 17.8 Å². The van der Waals surface area contributed by atoms with Gasteiger partial charge in [0.2, 0.25) is 5.91 Å². The molecule has 2 aliphatic rings. The molecular weight excluding hydrogens is 685 g/mol. The van der Waals surface area contributed by atoms with Crippen LogP contribution in [0.1, 0.15) is 227 Å². The van der Waals surface area contributed by atoms with E-state index in [0.29, 0.717) is 25.0 Å². The number of nitrogens with zero attached hydrogens (tertiary/aromatic N) is 1. The molecule has 1 aliphatic carbocycles. The Morgan fingerprint density at radius 2 is 1.11 bits per heavy atom. The Morgan fingerprint density at radius 1 is 0.655 bits per heavy atom. The number of unbranched alkanes of at least 4 members (excludes halogenated alkanes) is 22. The number of hydrogen-bond acceptors (Lipinski definition) is 4. The molecule has 3 unspecified atom stereocenters. The minimum atomic E-state index is -0.417. The summed E-state index contributed by atoms with van der Waals surface area (Å²) >= 11 is 0. The molecule has 0 radical (unpaired) electrons. The molecule has 2 N–H and O–H groups in total. The second-order valence-electron chi connectivity index (χ2n) is 18.5. The molecule has 0 spiro atoms. The molecule has 324 valence electrons. The zero-order chi connectivity index (χ0) is 39.8. The van der Waals surface area contributed by atoms with Crippen molar-refractivity contribution in [2.75, 3.05) is 39.5 Å². The predicted molar refractivity (Wildman–Crippen MR) is 232 cm³/mol. The molecule has 55 heavy (non-hydrogen) atoms. The van der Waals surface area contributed by atoms with E-state index in [1.165, 1.54) is 148 Å². The Kier molecular flexibility index (Phi) is 29.5. The van der Waals surface area contributed by atoms with Crippen molar-refractivity contribution in [3.05, 3.63) is 0 Å². The van der Waals surface area contributed by atoms with Crippen LogP contribution in [0.15, 0.2) is 0 Å². The van der Waals surface area contributed by atoms with E-state index in [9.17, 15) is 9.90 Å². The van der Waals surface area contributed by atoms with Crippen molar-refractivity contribution in [1.82, 2.24) is 5.32 Å². The summed E-state index contributed by atoms with van der Waals surface area (Å²) in [6, 6.07) is 0. The molecule has 1 saturated carbocycles. The minimum absolute atomic E-state index is 0.0412. The van der Waals surface area contributed by atoms with Gasteiger partial charge in [-0.25, -0.2) is 0 Å². The van der Waals surface area contributed by atoms with Gasteiger partial charge >= 0.3 is 6.08 Å². The van der Waals surface area contributed by atoms with Crippen LogP contribution in [0.3, 0.4) is 0 Å². The Hall–Kier alpha value is -1.34. The van der Waals surface area contributed by atoms with Crippen molar-refractivity contribution in [3.8, 4) is 0 Å². The lowest BCUT2D eigenvalue weighted by Gasteiger charge is -2.37. The average molecular weight is 778 g/mol. The lowest BCUT2D eigenvalue weighted by Crippen LogP contribution is -2.45. The third-order valence-corrected chi connectivity index (χ3v) is 12.3. The number of rotatable bonds is 33. The molecule has 0 aromatic rings. The Balaban J connectivity index is 1.74. The Bertz CT molecular complexity index is 939. The van der Waals surface area contributed by atoms with Crippen molar-refractivity contribution in [2.24, 2.45) is 17.8 Å². The number of aliphatic hydroxyl groups is 1. The van der Waals surface area contributed by atoms with Crippen molar-refractivity contribution in [3.63, 3.8) is 0 Å². The smallest absolute Gasteiger partial charge is 0.430 e. The van der Waals surface area contributed by atoms with Gasteiger partial charge in [0.25, 0.3) is 0 Å². The first kappa shape index (κ1) is 49.8. The molecule has 2 fully saturated rings. The molecule has 1 aliphatic heterocycles. The zero-order valence-corrected chi connectivity index (χ0v) is 37.3. The summed E-state index contributed by atoms with van der Waals surface area (Å²) in [5.41, 5.74) is -0.417. The van der Waals surface area contributed by atoms with Crippen LogP contribution in [0.25, 0.3) is 0 Å². The van der Waals surface area contributed by atoms with Crippen LogP contribution in [0.5, 0.6) is 0 Å². The third kappa shape index (κ3) is 25.6. The average Bonchev–Trinajstić information content (AvgIpc) is 3.17. The first-order valence-corrected chi connectivity index (χ1v) is 24.2. The number of nitrogens with one attached hydrogen (secondary N) is 1. The number of hydrogen-bond donors (Lipinski definition) is 2. The van der Waals surface area contributed by atoms with Gasteiger partial charge in [-0.3, -0.25) is 4.79 Å². The number of carbonyl (C=O) groups is 1. The number of amides is 1. The molecule has 1 amide bonds. The Labute approximate surface area is 341 Å².